The Morgan fingerprint density at radius 2 is 1.73 bits per heavy atom. The van der Waals surface area contributed by atoms with Crippen LogP contribution in [0.5, 0.6) is 5.75 Å². The third kappa shape index (κ3) is 5.06. The van der Waals surface area contributed by atoms with E-state index in [0.717, 1.165) is 36.1 Å². The third-order valence-corrected chi connectivity index (χ3v) is 5.53. The monoisotopic (exact) mass is 531 g/mol. The molecule has 154 valence electrons. The fourth-order valence-corrected chi connectivity index (χ4v) is 4.28. The molecule has 0 bridgehead atoms. The molecule has 0 radical (unpaired) electrons. The molecule has 1 aromatic heterocycles. The molecule has 2 heterocycles. The molecule has 0 aliphatic carbocycles. The minimum absolute atomic E-state index is 0.101. The fraction of sp³-hybridized carbons (Fsp3) is 0.200. The molecule has 0 atom stereocenters. The summed E-state index contributed by atoms with van der Waals surface area (Å²) in [5.74, 6) is 1.45. The van der Waals surface area contributed by atoms with Gasteiger partial charge in [-0.15, -0.1) is 0 Å². The number of phenolic OH excluding ortho intramolecular Hbond substituents is 1. The SMILES string of the molecule is Oc1c(Br)cc(Br)cc1/C=N/Nc1nc(Nc2ccccc2)nc(N2CCCC2)n1. The Hall–Kier alpha value is -2.72. The van der Waals surface area contributed by atoms with Crippen LogP contribution in [0.3, 0.4) is 0 Å². The van der Waals surface area contributed by atoms with E-state index in [1.54, 1.807) is 12.1 Å². The van der Waals surface area contributed by atoms with Gasteiger partial charge in [-0.05, 0) is 53.0 Å². The Kier molecular flexibility index (Phi) is 6.44. The molecule has 3 N–H and O–H groups in total. The minimum atomic E-state index is 0.101. The largest absolute Gasteiger partial charge is 0.506 e. The van der Waals surface area contributed by atoms with Crippen LogP contribution in [0, 0.1) is 0 Å². The highest BCUT2D eigenvalue weighted by Crippen LogP contribution is 2.30. The molecule has 10 heteroatoms. The second-order valence-corrected chi connectivity index (χ2v) is 8.43. The first-order valence-corrected chi connectivity index (χ1v) is 11.0. The quantitative estimate of drug-likeness (QED) is 0.307. The highest BCUT2D eigenvalue weighted by Gasteiger charge is 2.17. The number of halogens is 2. The molecule has 8 nitrogen and oxygen atoms in total. The lowest BCUT2D eigenvalue weighted by Gasteiger charge is -2.16. The molecule has 0 unspecified atom stereocenters. The van der Waals surface area contributed by atoms with E-state index in [1.165, 1.54) is 6.21 Å². The first-order valence-electron chi connectivity index (χ1n) is 9.39. The average Bonchev–Trinajstić information content (AvgIpc) is 3.27. The molecule has 3 aromatic rings. The van der Waals surface area contributed by atoms with Crippen LogP contribution >= 0.6 is 31.9 Å². The number of nitrogens with zero attached hydrogens (tertiary/aromatic N) is 5. The van der Waals surface area contributed by atoms with Crippen LogP contribution in [0.1, 0.15) is 18.4 Å². The number of para-hydroxylation sites is 1. The first kappa shape index (κ1) is 20.5. The summed E-state index contributed by atoms with van der Waals surface area (Å²) in [6.07, 6.45) is 3.74. The average molecular weight is 533 g/mol. The smallest absolute Gasteiger partial charge is 0.250 e. The molecule has 2 aromatic carbocycles. The van der Waals surface area contributed by atoms with Crippen molar-refractivity contribution in [2.24, 2.45) is 5.10 Å². The third-order valence-electron chi connectivity index (χ3n) is 4.47. The number of aromatic hydroxyl groups is 1. The molecule has 1 fully saturated rings. The molecular formula is C20H19Br2N7O. The summed E-state index contributed by atoms with van der Waals surface area (Å²) in [7, 11) is 0. The molecule has 1 aliphatic rings. The number of hydrogen-bond acceptors (Lipinski definition) is 8. The second-order valence-electron chi connectivity index (χ2n) is 6.66. The van der Waals surface area contributed by atoms with Gasteiger partial charge in [-0.1, -0.05) is 34.1 Å². The zero-order valence-electron chi connectivity index (χ0n) is 15.9. The van der Waals surface area contributed by atoms with Crippen molar-refractivity contribution < 1.29 is 5.11 Å². The fourth-order valence-electron chi connectivity index (χ4n) is 3.02. The van der Waals surface area contributed by atoms with Crippen molar-refractivity contribution >= 4 is 61.6 Å². The van der Waals surface area contributed by atoms with E-state index in [9.17, 15) is 5.11 Å². The van der Waals surface area contributed by atoms with E-state index in [-0.39, 0.29) is 5.75 Å². The number of anilines is 4. The zero-order valence-corrected chi connectivity index (χ0v) is 19.1. The lowest BCUT2D eigenvalue weighted by Crippen LogP contribution is -2.21. The Balaban J connectivity index is 1.58. The minimum Gasteiger partial charge on any atom is -0.506 e. The van der Waals surface area contributed by atoms with Gasteiger partial charge in [-0.3, -0.25) is 0 Å². The van der Waals surface area contributed by atoms with Gasteiger partial charge in [0.05, 0.1) is 10.7 Å². The van der Waals surface area contributed by atoms with Crippen molar-refractivity contribution in [1.82, 2.24) is 15.0 Å². The standard InChI is InChI=1S/C20H19Br2N7O/c21-14-10-13(17(30)16(22)11-14)12-23-28-19-25-18(24-15-6-2-1-3-7-15)26-20(27-19)29-8-4-5-9-29/h1-3,6-7,10-12,30H,4-5,8-9H2,(H2,24,25,26,27,28)/b23-12+. The van der Waals surface area contributed by atoms with Gasteiger partial charge in [0, 0.05) is 28.8 Å². The highest BCUT2D eigenvalue weighted by atomic mass is 79.9. The van der Waals surface area contributed by atoms with Crippen LogP contribution in [-0.4, -0.2) is 39.4 Å². The van der Waals surface area contributed by atoms with Crippen LogP contribution < -0.4 is 15.6 Å². The van der Waals surface area contributed by atoms with Crippen LogP contribution in [0.25, 0.3) is 0 Å². The molecule has 0 amide bonds. The molecular weight excluding hydrogens is 514 g/mol. The van der Waals surface area contributed by atoms with Crippen LogP contribution in [-0.2, 0) is 0 Å². The Bertz CT molecular complexity index is 1060. The van der Waals surface area contributed by atoms with Crippen LogP contribution in [0.4, 0.5) is 23.5 Å². The Morgan fingerprint density at radius 1 is 1.00 bits per heavy atom. The number of benzene rings is 2. The van der Waals surface area contributed by atoms with E-state index >= 15 is 0 Å². The number of hydrazone groups is 1. The van der Waals surface area contributed by atoms with Crippen LogP contribution in [0.2, 0.25) is 0 Å². The lowest BCUT2D eigenvalue weighted by atomic mass is 10.2. The number of hydrogen-bond donors (Lipinski definition) is 3. The highest BCUT2D eigenvalue weighted by molar-refractivity contribution is 9.11. The zero-order chi connectivity index (χ0) is 20.9. The van der Waals surface area contributed by atoms with Crippen molar-refractivity contribution in [1.29, 1.82) is 0 Å². The maximum absolute atomic E-state index is 10.2. The van der Waals surface area contributed by atoms with E-state index in [0.29, 0.717) is 27.9 Å². The topological polar surface area (TPSA) is 98.6 Å². The number of nitrogens with one attached hydrogen (secondary N) is 2. The van der Waals surface area contributed by atoms with Crippen LogP contribution in [0.15, 0.2) is 56.5 Å². The summed E-state index contributed by atoms with van der Waals surface area (Å²) in [6, 6.07) is 13.2. The van der Waals surface area contributed by atoms with Gasteiger partial charge >= 0.3 is 0 Å². The van der Waals surface area contributed by atoms with Crippen molar-refractivity contribution in [2.45, 2.75) is 12.8 Å². The maximum Gasteiger partial charge on any atom is 0.250 e. The van der Waals surface area contributed by atoms with Gasteiger partial charge in [0.2, 0.25) is 17.8 Å². The summed E-state index contributed by atoms with van der Waals surface area (Å²) in [4.78, 5) is 15.6. The second kappa shape index (κ2) is 9.40. The van der Waals surface area contributed by atoms with E-state index in [2.05, 4.69) is 67.6 Å². The lowest BCUT2D eigenvalue weighted by molar-refractivity contribution is 0.471. The molecule has 0 spiro atoms. The van der Waals surface area contributed by atoms with E-state index in [1.807, 2.05) is 30.3 Å². The summed E-state index contributed by atoms with van der Waals surface area (Å²) in [5, 5.41) is 17.6. The Morgan fingerprint density at radius 3 is 2.50 bits per heavy atom. The van der Waals surface area contributed by atoms with E-state index in [4.69, 9.17) is 0 Å². The van der Waals surface area contributed by atoms with E-state index < -0.39 is 0 Å². The summed E-state index contributed by atoms with van der Waals surface area (Å²) in [5.41, 5.74) is 4.27. The van der Waals surface area contributed by atoms with Gasteiger partial charge in [-0.2, -0.15) is 20.1 Å². The summed E-state index contributed by atoms with van der Waals surface area (Å²) in [6.45, 7) is 1.83. The van der Waals surface area contributed by atoms with Crippen molar-refractivity contribution in [2.75, 3.05) is 28.7 Å². The maximum atomic E-state index is 10.2. The summed E-state index contributed by atoms with van der Waals surface area (Å²) < 4.78 is 1.39. The van der Waals surface area contributed by atoms with Gasteiger partial charge in [0.15, 0.2) is 0 Å². The van der Waals surface area contributed by atoms with Gasteiger partial charge in [0.25, 0.3) is 0 Å². The molecule has 30 heavy (non-hydrogen) atoms. The molecule has 4 rings (SSSR count). The normalized spacial score (nSPS) is 13.7. The Labute approximate surface area is 190 Å². The molecule has 1 aliphatic heterocycles. The number of phenols is 1. The number of rotatable bonds is 6. The van der Waals surface area contributed by atoms with Gasteiger partial charge < -0.3 is 15.3 Å². The van der Waals surface area contributed by atoms with Crippen molar-refractivity contribution in [3.05, 3.63) is 57.0 Å². The van der Waals surface area contributed by atoms with Crippen molar-refractivity contribution in [3.8, 4) is 5.75 Å². The van der Waals surface area contributed by atoms with Crippen molar-refractivity contribution in [3.63, 3.8) is 0 Å². The predicted octanol–water partition coefficient (Wildman–Crippen LogP) is 4.89. The van der Waals surface area contributed by atoms with Gasteiger partial charge in [-0.25, -0.2) is 5.43 Å². The predicted molar refractivity (Wildman–Crippen MR) is 126 cm³/mol. The molecule has 0 saturated carbocycles. The number of aromatic nitrogens is 3. The van der Waals surface area contributed by atoms with Gasteiger partial charge in [0.1, 0.15) is 5.75 Å². The summed E-state index contributed by atoms with van der Waals surface area (Å²) >= 11 is 6.72. The first-order chi connectivity index (χ1) is 14.6. The molecule has 1 saturated heterocycles.